The molecular weight excluding hydrogens is 485 g/mol. The number of carbonyl (C=O) groups is 2. The largest absolute Gasteiger partial charge is 0.481 e. The molecular formula is C28H31F3N2O4. The van der Waals surface area contributed by atoms with Crippen LogP contribution < -0.4 is 0 Å². The standard InChI is InChI=1S/C28H31F3N2O4/c1-6-26(4)22(25(36)37)27(7-2,19-15-11-12-16-20(19)28(29,30)31)21(24(34)35)17(3)33(26)23(32-5)18-13-9-8-10-14-18/h8-16,22H,6-7H2,1-5H3,(H,34,35)(H,36,37). The Balaban J connectivity index is 2.58. The molecule has 1 heterocycles. The highest BCUT2D eigenvalue weighted by Gasteiger charge is 2.64. The first-order valence-electron chi connectivity index (χ1n) is 12.0. The van der Waals surface area contributed by atoms with Gasteiger partial charge in [-0.15, -0.1) is 0 Å². The van der Waals surface area contributed by atoms with Crippen LogP contribution in [0, 0.1) is 5.92 Å². The van der Waals surface area contributed by atoms with Crippen molar-refractivity contribution in [2.24, 2.45) is 10.9 Å². The number of carboxylic acids is 2. The highest BCUT2D eigenvalue weighted by atomic mass is 19.4. The van der Waals surface area contributed by atoms with E-state index in [0.29, 0.717) is 11.4 Å². The maximum absolute atomic E-state index is 14.3. The van der Waals surface area contributed by atoms with Gasteiger partial charge in [-0.3, -0.25) is 9.79 Å². The van der Waals surface area contributed by atoms with Gasteiger partial charge in [-0.2, -0.15) is 13.2 Å². The van der Waals surface area contributed by atoms with E-state index in [2.05, 4.69) is 4.99 Å². The number of halogens is 3. The molecule has 3 atom stereocenters. The van der Waals surface area contributed by atoms with Crippen molar-refractivity contribution in [3.8, 4) is 0 Å². The van der Waals surface area contributed by atoms with Crippen LogP contribution in [0.25, 0.3) is 0 Å². The number of benzene rings is 2. The Kier molecular flexibility index (Phi) is 7.58. The molecule has 1 aliphatic heterocycles. The fourth-order valence-corrected chi connectivity index (χ4v) is 6.13. The lowest BCUT2D eigenvalue weighted by Gasteiger charge is -2.58. The second-order valence-electron chi connectivity index (χ2n) is 9.36. The highest BCUT2D eigenvalue weighted by molar-refractivity contribution is 6.03. The van der Waals surface area contributed by atoms with E-state index in [-0.39, 0.29) is 29.7 Å². The van der Waals surface area contributed by atoms with Crippen molar-refractivity contribution >= 4 is 17.8 Å². The lowest BCUT2D eigenvalue weighted by molar-refractivity contribution is -0.154. The Bertz CT molecular complexity index is 1260. The molecule has 0 aliphatic carbocycles. The number of rotatable bonds is 6. The molecule has 0 amide bonds. The Hall–Kier alpha value is -3.62. The average Bonchev–Trinajstić information content (AvgIpc) is 2.85. The van der Waals surface area contributed by atoms with Gasteiger partial charge in [-0.1, -0.05) is 62.4 Å². The summed E-state index contributed by atoms with van der Waals surface area (Å²) in [5.74, 6) is -4.09. The van der Waals surface area contributed by atoms with E-state index < -0.39 is 40.6 Å². The van der Waals surface area contributed by atoms with Gasteiger partial charge < -0.3 is 15.1 Å². The van der Waals surface area contributed by atoms with Gasteiger partial charge in [-0.05, 0) is 38.3 Å². The summed E-state index contributed by atoms with van der Waals surface area (Å²) < 4.78 is 42.8. The zero-order chi connectivity index (χ0) is 27.8. The topological polar surface area (TPSA) is 90.2 Å². The van der Waals surface area contributed by atoms with Crippen molar-refractivity contribution < 1.29 is 33.0 Å². The van der Waals surface area contributed by atoms with Gasteiger partial charge >= 0.3 is 18.1 Å². The van der Waals surface area contributed by atoms with Crippen molar-refractivity contribution in [3.63, 3.8) is 0 Å². The number of carboxylic acid groups (broad SMARTS) is 2. The summed E-state index contributed by atoms with van der Waals surface area (Å²) in [6.07, 6.45) is -4.81. The van der Waals surface area contributed by atoms with Gasteiger partial charge in [0.25, 0.3) is 0 Å². The predicted molar refractivity (Wildman–Crippen MR) is 134 cm³/mol. The zero-order valence-corrected chi connectivity index (χ0v) is 21.4. The Morgan fingerprint density at radius 3 is 2.03 bits per heavy atom. The molecule has 0 spiro atoms. The normalized spacial score (nSPS) is 24.8. The molecule has 37 heavy (non-hydrogen) atoms. The van der Waals surface area contributed by atoms with Crippen LogP contribution in [0.3, 0.4) is 0 Å². The molecule has 0 fully saturated rings. The summed E-state index contributed by atoms with van der Waals surface area (Å²) >= 11 is 0. The number of allylic oxidation sites excluding steroid dienone is 1. The molecule has 6 nitrogen and oxygen atoms in total. The van der Waals surface area contributed by atoms with E-state index in [9.17, 15) is 33.0 Å². The summed E-state index contributed by atoms with van der Waals surface area (Å²) in [5, 5.41) is 21.2. The number of nitrogens with zero attached hydrogens (tertiary/aromatic N) is 2. The van der Waals surface area contributed by atoms with Crippen LogP contribution in [0.4, 0.5) is 13.2 Å². The summed E-state index contributed by atoms with van der Waals surface area (Å²) in [5.41, 5.74) is -4.34. The molecule has 0 radical (unpaired) electrons. The molecule has 3 rings (SSSR count). The van der Waals surface area contributed by atoms with Gasteiger partial charge in [0.05, 0.1) is 22.6 Å². The van der Waals surface area contributed by atoms with E-state index in [1.165, 1.54) is 39.1 Å². The molecule has 2 N–H and O–H groups in total. The zero-order valence-electron chi connectivity index (χ0n) is 21.4. The van der Waals surface area contributed by atoms with Gasteiger partial charge in [0.15, 0.2) is 0 Å². The molecule has 0 saturated carbocycles. The summed E-state index contributed by atoms with van der Waals surface area (Å²) in [6.45, 7) is 6.46. The number of hydrogen-bond acceptors (Lipinski definition) is 3. The van der Waals surface area contributed by atoms with E-state index in [0.717, 1.165) is 6.07 Å². The second-order valence-corrected chi connectivity index (χ2v) is 9.36. The minimum absolute atomic E-state index is 0.151. The van der Waals surface area contributed by atoms with Gasteiger partial charge in [-0.25, -0.2) is 4.79 Å². The third kappa shape index (κ3) is 4.30. The number of aliphatic carboxylic acids is 2. The molecule has 198 valence electrons. The average molecular weight is 517 g/mol. The molecule has 0 saturated heterocycles. The molecule has 2 aromatic rings. The number of alkyl halides is 3. The number of hydrogen-bond donors (Lipinski definition) is 2. The van der Waals surface area contributed by atoms with Crippen LogP contribution in [-0.2, 0) is 21.2 Å². The van der Waals surface area contributed by atoms with Crippen LogP contribution in [0.1, 0.15) is 57.2 Å². The Labute approximate surface area is 214 Å². The minimum Gasteiger partial charge on any atom is -0.481 e. The van der Waals surface area contributed by atoms with Crippen molar-refractivity contribution in [2.75, 3.05) is 7.05 Å². The number of amidine groups is 1. The van der Waals surface area contributed by atoms with E-state index in [4.69, 9.17) is 0 Å². The quantitative estimate of drug-likeness (QED) is 0.365. The Morgan fingerprint density at radius 1 is 1.00 bits per heavy atom. The van der Waals surface area contributed by atoms with Crippen molar-refractivity contribution in [3.05, 3.63) is 82.6 Å². The maximum Gasteiger partial charge on any atom is 0.416 e. The van der Waals surface area contributed by atoms with Gasteiger partial charge in [0.1, 0.15) is 5.84 Å². The first-order valence-corrected chi connectivity index (χ1v) is 12.0. The van der Waals surface area contributed by atoms with Crippen LogP contribution in [0.5, 0.6) is 0 Å². The Morgan fingerprint density at radius 2 is 1.57 bits per heavy atom. The molecule has 0 aromatic heterocycles. The summed E-state index contributed by atoms with van der Waals surface area (Å²) in [7, 11) is 1.52. The smallest absolute Gasteiger partial charge is 0.416 e. The maximum atomic E-state index is 14.3. The van der Waals surface area contributed by atoms with E-state index in [1.54, 1.807) is 49.1 Å². The lowest BCUT2D eigenvalue weighted by atomic mass is 9.53. The molecule has 3 unspecified atom stereocenters. The van der Waals surface area contributed by atoms with Crippen LogP contribution in [0.15, 0.2) is 70.9 Å². The molecule has 9 heteroatoms. The highest BCUT2D eigenvalue weighted by Crippen LogP contribution is 2.57. The van der Waals surface area contributed by atoms with Crippen molar-refractivity contribution in [1.82, 2.24) is 4.90 Å². The van der Waals surface area contributed by atoms with E-state index in [1.807, 2.05) is 0 Å². The SMILES string of the molecule is CCC1(c2ccccc2C(F)(F)F)C(C(=O)O)=C(C)N(C(=NC)c2ccccc2)C(C)(CC)C1C(=O)O. The van der Waals surface area contributed by atoms with Crippen molar-refractivity contribution in [2.45, 2.75) is 57.7 Å². The van der Waals surface area contributed by atoms with Gasteiger partial charge in [0.2, 0.25) is 0 Å². The summed E-state index contributed by atoms with van der Waals surface area (Å²) in [4.78, 5) is 32.1. The molecule has 0 bridgehead atoms. The van der Waals surface area contributed by atoms with Crippen LogP contribution >= 0.6 is 0 Å². The monoisotopic (exact) mass is 516 g/mol. The number of aliphatic imine (C=N–C) groups is 1. The molecule has 2 aromatic carbocycles. The third-order valence-corrected chi connectivity index (χ3v) is 7.67. The lowest BCUT2D eigenvalue weighted by Crippen LogP contribution is -2.66. The van der Waals surface area contributed by atoms with E-state index >= 15 is 0 Å². The minimum atomic E-state index is -4.82. The van der Waals surface area contributed by atoms with Gasteiger partial charge in [0, 0.05) is 23.7 Å². The first-order chi connectivity index (χ1) is 17.3. The van der Waals surface area contributed by atoms with Crippen LogP contribution in [-0.4, -0.2) is 45.5 Å². The summed E-state index contributed by atoms with van der Waals surface area (Å²) in [6, 6.07) is 13.6. The fraction of sp³-hybridized carbons (Fsp3) is 0.393. The second kappa shape index (κ2) is 10.0. The third-order valence-electron chi connectivity index (χ3n) is 7.67. The molecule has 1 aliphatic rings. The van der Waals surface area contributed by atoms with Crippen molar-refractivity contribution in [1.29, 1.82) is 0 Å². The first kappa shape index (κ1) is 28.0. The predicted octanol–water partition coefficient (Wildman–Crippen LogP) is 5.97. The van der Waals surface area contributed by atoms with Crippen LogP contribution in [0.2, 0.25) is 0 Å². The fourth-order valence-electron chi connectivity index (χ4n) is 6.13.